The van der Waals surface area contributed by atoms with Crippen LogP contribution >= 0.6 is 0 Å². The lowest BCUT2D eigenvalue weighted by Gasteiger charge is -2.27. The number of ether oxygens (including phenoxy) is 2. The van der Waals surface area contributed by atoms with E-state index < -0.39 is 17.7 Å². The Bertz CT molecular complexity index is 1060. The minimum absolute atomic E-state index is 0.0781. The molecule has 1 aliphatic rings. The standard InChI is InChI=1S/C27H34N2O5/c1-6-7-16-34-21-13-12-20(17-22(21)33-5)24-23(25(30)19-10-8-18(2)9-11-19)26(31)27(32)29(24)15-14-28(3)4/h8-13,17,24,30H,6-7,14-16H2,1-5H3. The van der Waals surface area contributed by atoms with Gasteiger partial charge in [0.15, 0.2) is 11.5 Å². The molecule has 2 aromatic rings. The first-order chi connectivity index (χ1) is 16.3. The van der Waals surface area contributed by atoms with Crippen LogP contribution in [0.4, 0.5) is 0 Å². The van der Waals surface area contributed by atoms with Gasteiger partial charge in [-0.2, -0.15) is 0 Å². The SMILES string of the molecule is CCCCOc1ccc(C2C(=C(O)c3ccc(C)cc3)C(=O)C(=O)N2CCN(C)C)cc1OC. The van der Waals surface area contributed by atoms with Crippen LogP contribution < -0.4 is 9.47 Å². The number of unbranched alkanes of at least 4 members (excludes halogenated alkanes) is 1. The van der Waals surface area contributed by atoms with Gasteiger partial charge in [0.1, 0.15) is 5.76 Å². The third-order valence-electron chi connectivity index (χ3n) is 5.91. The third-order valence-corrected chi connectivity index (χ3v) is 5.91. The zero-order chi connectivity index (χ0) is 24.8. The summed E-state index contributed by atoms with van der Waals surface area (Å²) in [4.78, 5) is 29.7. The highest BCUT2D eigenvalue weighted by Gasteiger charge is 2.46. The van der Waals surface area contributed by atoms with Crippen LogP contribution in [0.1, 0.15) is 42.5 Å². The van der Waals surface area contributed by atoms with E-state index in [-0.39, 0.29) is 11.3 Å². The molecular formula is C27H34N2O5. The zero-order valence-corrected chi connectivity index (χ0v) is 20.6. The van der Waals surface area contributed by atoms with Crippen molar-refractivity contribution in [2.45, 2.75) is 32.7 Å². The Hall–Kier alpha value is -3.32. The monoisotopic (exact) mass is 466 g/mol. The van der Waals surface area contributed by atoms with Crippen molar-refractivity contribution in [1.82, 2.24) is 9.80 Å². The maximum atomic E-state index is 13.1. The molecule has 0 spiro atoms. The van der Waals surface area contributed by atoms with Crippen LogP contribution in [0.5, 0.6) is 11.5 Å². The van der Waals surface area contributed by atoms with E-state index in [1.165, 1.54) is 4.90 Å². The summed E-state index contributed by atoms with van der Waals surface area (Å²) >= 11 is 0. The quantitative estimate of drug-likeness (QED) is 0.245. The van der Waals surface area contributed by atoms with Gasteiger partial charge < -0.3 is 24.4 Å². The summed E-state index contributed by atoms with van der Waals surface area (Å²) in [6.45, 7) is 5.52. The summed E-state index contributed by atoms with van der Waals surface area (Å²) < 4.78 is 11.4. The molecule has 34 heavy (non-hydrogen) atoms. The molecule has 0 aliphatic carbocycles. The Morgan fingerprint density at radius 1 is 1.09 bits per heavy atom. The van der Waals surface area contributed by atoms with Crippen LogP contribution in [0.25, 0.3) is 5.76 Å². The van der Waals surface area contributed by atoms with Crippen LogP contribution in [-0.4, -0.2) is 67.5 Å². The molecule has 182 valence electrons. The van der Waals surface area contributed by atoms with Crippen molar-refractivity contribution in [2.24, 2.45) is 0 Å². The molecule has 1 amide bonds. The van der Waals surface area contributed by atoms with Crippen molar-refractivity contribution in [1.29, 1.82) is 0 Å². The minimum Gasteiger partial charge on any atom is -0.507 e. The summed E-state index contributed by atoms with van der Waals surface area (Å²) in [6, 6.07) is 11.9. The van der Waals surface area contributed by atoms with Gasteiger partial charge in [0.2, 0.25) is 0 Å². The predicted molar refractivity (Wildman–Crippen MR) is 132 cm³/mol. The number of benzene rings is 2. The van der Waals surface area contributed by atoms with Gasteiger partial charge in [-0.1, -0.05) is 49.2 Å². The lowest BCUT2D eigenvalue weighted by Crippen LogP contribution is -2.35. The smallest absolute Gasteiger partial charge is 0.295 e. The number of nitrogens with zero attached hydrogens (tertiary/aromatic N) is 2. The molecule has 0 bridgehead atoms. The van der Waals surface area contributed by atoms with E-state index in [1.807, 2.05) is 44.1 Å². The van der Waals surface area contributed by atoms with Gasteiger partial charge in [-0.05, 0) is 45.1 Å². The molecular weight excluding hydrogens is 432 g/mol. The molecule has 7 heteroatoms. The second-order valence-corrected chi connectivity index (χ2v) is 8.77. The summed E-state index contributed by atoms with van der Waals surface area (Å²) in [5, 5.41) is 11.2. The van der Waals surface area contributed by atoms with Gasteiger partial charge >= 0.3 is 0 Å². The Balaban J connectivity index is 2.10. The molecule has 1 fully saturated rings. The van der Waals surface area contributed by atoms with Gasteiger partial charge in [0, 0.05) is 18.7 Å². The van der Waals surface area contributed by atoms with Crippen LogP contribution in [0, 0.1) is 6.92 Å². The van der Waals surface area contributed by atoms with Crippen LogP contribution in [-0.2, 0) is 9.59 Å². The number of hydrogen-bond donors (Lipinski definition) is 1. The highest BCUT2D eigenvalue weighted by Crippen LogP contribution is 2.42. The fraction of sp³-hybridized carbons (Fsp3) is 0.407. The Morgan fingerprint density at radius 3 is 2.41 bits per heavy atom. The molecule has 1 saturated heterocycles. The molecule has 0 saturated carbocycles. The first-order valence-corrected chi connectivity index (χ1v) is 11.6. The molecule has 2 aromatic carbocycles. The number of Topliss-reactive ketones (excluding diaryl/α,β-unsaturated/α-hetero) is 1. The molecule has 1 atom stereocenters. The first-order valence-electron chi connectivity index (χ1n) is 11.6. The second kappa shape index (κ2) is 11.2. The number of methoxy groups -OCH3 is 1. The zero-order valence-electron chi connectivity index (χ0n) is 20.6. The van der Waals surface area contributed by atoms with Crippen molar-refractivity contribution in [3.8, 4) is 11.5 Å². The summed E-state index contributed by atoms with van der Waals surface area (Å²) in [5.41, 5.74) is 2.27. The number of aliphatic hydroxyl groups excluding tert-OH is 1. The summed E-state index contributed by atoms with van der Waals surface area (Å²) in [6.07, 6.45) is 1.94. The van der Waals surface area contributed by atoms with Crippen LogP contribution in [0.2, 0.25) is 0 Å². The molecule has 1 unspecified atom stereocenters. The maximum Gasteiger partial charge on any atom is 0.295 e. The number of carbonyl (C=O) groups is 2. The number of aliphatic hydroxyl groups is 1. The fourth-order valence-corrected chi connectivity index (χ4v) is 3.93. The number of likely N-dealkylation sites (N-methyl/N-ethyl adjacent to an activating group) is 1. The highest BCUT2D eigenvalue weighted by molar-refractivity contribution is 6.46. The van der Waals surface area contributed by atoms with Crippen molar-refractivity contribution in [3.63, 3.8) is 0 Å². The van der Waals surface area contributed by atoms with Crippen LogP contribution in [0.3, 0.4) is 0 Å². The van der Waals surface area contributed by atoms with Gasteiger partial charge in [0.25, 0.3) is 11.7 Å². The lowest BCUT2D eigenvalue weighted by molar-refractivity contribution is -0.140. The van der Waals surface area contributed by atoms with E-state index >= 15 is 0 Å². The highest BCUT2D eigenvalue weighted by atomic mass is 16.5. The number of aryl methyl sites for hydroxylation is 1. The molecule has 1 heterocycles. The fourth-order valence-electron chi connectivity index (χ4n) is 3.93. The van der Waals surface area contributed by atoms with Gasteiger partial charge in [-0.25, -0.2) is 0 Å². The number of amides is 1. The van der Waals surface area contributed by atoms with E-state index in [2.05, 4.69) is 6.92 Å². The van der Waals surface area contributed by atoms with Crippen LogP contribution in [0.15, 0.2) is 48.0 Å². The normalized spacial score (nSPS) is 17.5. The van der Waals surface area contributed by atoms with E-state index in [4.69, 9.17) is 9.47 Å². The summed E-state index contributed by atoms with van der Waals surface area (Å²) in [5.74, 6) is -0.379. The number of hydrogen-bond acceptors (Lipinski definition) is 6. The minimum atomic E-state index is -0.736. The van der Waals surface area contributed by atoms with Crippen molar-refractivity contribution in [3.05, 3.63) is 64.7 Å². The van der Waals surface area contributed by atoms with Gasteiger partial charge in [-0.3, -0.25) is 9.59 Å². The largest absolute Gasteiger partial charge is 0.507 e. The molecule has 0 aromatic heterocycles. The molecule has 3 rings (SSSR count). The average molecular weight is 467 g/mol. The predicted octanol–water partition coefficient (Wildman–Crippen LogP) is 4.17. The average Bonchev–Trinajstić information content (AvgIpc) is 3.07. The Kier molecular flexibility index (Phi) is 8.34. The van der Waals surface area contributed by atoms with Crippen molar-refractivity contribution >= 4 is 17.4 Å². The molecule has 1 aliphatic heterocycles. The molecule has 7 nitrogen and oxygen atoms in total. The Labute approximate surface area is 201 Å². The van der Waals surface area contributed by atoms with Crippen molar-refractivity contribution < 1.29 is 24.2 Å². The lowest BCUT2D eigenvalue weighted by atomic mass is 9.94. The van der Waals surface area contributed by atoms with Crippen molar-refractivity contribution in [2.75, 3.05) is 40.9 Å². The topological polar surface area (TPSA) is 79.3 Å². The second-order valence-electron chi connectivity index (χ2n) is 8.77. The Morgan fingerprint density at radius 2 is 1.79 bits per heavy atom. The number of likely N-dealkylation sites (tertiary alicyclic amines) is 1. The molecule has 1 N–H and O–H groups in total. The molecule has 0 radical (unpaired) electrons. The van der Waals surface area contributed by atoms with E-state index in [0.29, 0.717) is 42.3 Å². The van der Waals surface area contributed by atoms with E-state index in [1.54, 1.807) is 31.4 Å². The number of ketones is 1. The van der Waals surface area contributed by atoms with Gasteiger partial charge in [0.05, 0.1) is 25.3 Å². The van der Waals surface area contributed by atoms with E-state index in [0.717, 1.165) is 18.4 Å². The first kappa shape index (κ1) is 25.3. The maximum absolute atomic E-state index is 13.1. The van der Waals surface area contributed by atoms with E-state index in [9.17, 15) is 14.7 Å². The number of carbonyl (C=O) groups excluding carboxylic acids is 2. The number of rotatable bonds is 10. The third kappa shape index (κ3) is 5.42. The summed E-state index contributed by atoms with van der Waals surface area (Å²) in [7, 11) is 5.37. The van der Waals surface area contributed by atoms with Gasteiger partial charge in [-0.15, -0.1) is 0 Å².